The minimum absolute atomic E-state index is 0.151. The summed E-state index contributed by atoms with van der Waals surface area (Å²) in [6.45, 7) is 1.70. The van der Waals surface area contributed by atoms with Crippen molar-refractivity contribution in [1.82, 2.24) is 4.72 Å². The lowest BCUT2D eigenvalue weighted by atomic mass is 10.1. The van der Waals surface area contributed by atoms with Crippen LogP contribution in [0.5, 0.6) is 0 Å². The second-order valence-corrected chi connectivity index (χ2v) is 6.45. The highest BCUT2D eigenvalue weighted by atomic mass is 35.5. The first kappa shape index (κ1) is 15.0. The van der Waals surface area contributed by atoms with Crippen LogP contribution in [0.15, 0.2) is 53.4 Å². The van der Waals surface area contributed by atoms with Crippen LogP contribution in [0.1, 0.15) is 18.5 Å². The molecule has 0 aliphatic rings. The predicted octanol–water partition coefficient (Wildman–Crippen LogP) is 3.52. The summed E-state index contributed by atoms with van der Waals surface area (Å²) in [6.07, 6.45) is 0. The zero-order valence-corrected chi connectivity index (χ0v) is 12.2. The monoisotopic (exact) mass is 313 g/mol. The average Bonchev–Trinajstić information content (AvgIpc) is 2.38. The highest BCUT2D eigenvalue weighted by Gasteiger charge is 2.22. The van der Waals surface area contributed by atoms with E-state index in [0.717, 1.165) is 17.7 Å². The fourth-order valence-corrected chi connectivity index (χ4v) is 3.25. The molecule has 3 nitrogen and oxygen atoms in total. The fraction of sp³-hybridized carbons (Fsp3) is 0.143. The van der Waals surface area contributed by atoms with Crippen LogP contribution < -0.4 is 4.72 Å². The van der Waals surface area contributed by atoms with Gasteiger partial charge in [-0.1, -0.05) is 41.9 Å². The number of nitrogens with one attached hydrogen (secondary N) is 1. The predicted molar refractivity (Wildman–Crippen MR) is 76.6 cm³/mol. The lowest BCUT2D eigenvalue weighted by Crippen LogP contribution is -2.27. The molecule has 0 unspecified atom stereocenters. The van der Waals surface area contributed by atoms with Crippen molar-refractivity contribution in [3.8, 4) is 0 Å². The van der Waals surface area contributed by atoms with Crippen LogP contribution in [0.3, 0.4) is 0 Å². The Hall–Kier alpha value is -1.43. The summed E-state index contributed by atoms with van der Waals surface area (Å²) in [5.41, 5.74) is 0.797. The normalized spacial score (nSPS) is 13.2. The van der Waals surface area contributed by atoms with Gasteiger partial charge in [-0.15, -0.1) is 0 Å². The van der Waals surface area contributed by atoms with Gasteiger partial charge in [0.25, 0.3) is 0 Å². The van der Waals surface area contributed by atoms with Crippen LogP contribution in [0, 0.1) is 5.82 Å². The van der Waals surface area contributed by atoms with E-state index < -0.39 is 26.8 Å². The van der Waals surface area contributed by atoms with E-state index in [1.165, 1.54) is 6.07 Å². The van der Waals surface area contributed by atoms with Gasteiger partial charge >= 0.3 is 0 Å². The number of benzene rings is 2. The van der Waals surface area contributed by atoms with Gasteiger partial charge < -0.3 is 0 Å². The number of hydrogen-bond donors (Lipinski definition) is 1. The molecule has 0 spiro atoms. The number of hydrogen-bond acceptors (Lipinski definition) is 2. The molecule has 1 atom stereocenters. The SMILES string of the molecule is C[C@H](NS(=O)(=O)c1ccc(Cl)cc1F)c1ccccc1. The molecule has 0 heterocycles. The van der Waals surface area contributed by atoms with Crippen LogP contribution >= 0.6 is 11.6 Å². The third kappa shape index (κ3) is 3.36. The summed E-state index contributed by atoms with van der Waals surface area (Å²) in [6, 6.07) is 12.1. The van der Waals surface area contributed by atoms with E-state index in [0.29, 0.717) is 0 Å². The molecule has 0 aromatic heterocycles. The van der Waals surface area contributed by atoms with E-state index in [1.807, 2.05) is 18.2 Å². The molecule has 0 fully saturated rings. The summed E-state index contributed by atoms with van der Waals surface area (Å²) >= 11 is 5.61. The quantitative estimate of drug-likeness (QED) is 0.938. The largest absolute Gasteiger partial charge is 0.244 e. The number of rotatable bonds is 4. The molecule has 0 saturated heterocycles. The van der Waals surface area contributed by atoms with E-state index in [-0.39, 0.29) is 5.02 Å². The molecule has 6 heteroatoms. The molecule has 106 valence electrons. The molecular weight excluding hydrogens is 301 g/mol. The van der Waals surface area contributed by atoms with Crippen LogP contribution in [-0.2, 0) is 10.0 Å². The Balaban J connectivity index is 2.28. The maximum Gasteiger partial charge on any atom is 0.244 e. The van der Waals surface area contributed by atoms with Crippen molar-refractivity contribution in [3.63, 3.8) is 0 Å². The molecule has 2 rings (SSSR count). The van der Waals surface area contributed by atoms with Crippen molar-refractivity contribution in [1.29, 1.82) is 0 Å². The minimum atomic E-state index is -3.94. The molecule has 0 bridgehead atoms. The molecule has 2 aromatic carbocycles. The van der Waals surface area contributed by atoms with Crippen LogP contribution in [0.4, 0.5) is 4.39 Å². The smallest absolute Gasteiger partial charge is 0.207 e. The highest BCUT2D eigenvalue weighted by Crippen LogP contribution is 2.21. The van der Waals surface area contributed by atoms with Gasteiger partial charge in [0.2, 0.25) is 10.0 Å². The van der Waals surface area contributed by atoms with Gasteiger partial charge in [0.05, 0.1) is 0 Å². The maximum absolute atomic E-state index is 13.7. The third-order valence-electron chi connectivity index (χ3n) is 2.81. The summed E-state index contributed by atoms with van der Waals surface area (Å²) in [4.78, 5) is -0.412. The van der Waals surface area contributed by atoms with E-state index in [2.05, 4.69) is 4.72 Å². The average molecular weight is 314 g/mol. The topological polar surface area (TPSA) is 46.2 Å². The van der Waals surface area contributed by atoms with Gasteiger partial charge in [0.15, 0.2) is 0 Å². The molecule has 20 heavy (non-hydrogen) atoms. The van der Waals surface area contributed by atoms with Gasteiger partial charge in [-0.3, -0.25) is 0 Å². The van der Waals surface area contributed by atoms with Crippen LogP contribution in [-0.4, -0.2) is 8.42 Å². The molecule has 0 saturated carbocycles. The molecule has 1 N–H and O–H groups in total. The molecule has 0 aliphatic carbocycles. The van der Waals surface area contributed by atoms with Crippen molar-refractivity contribution in [2.24, 2.45) is 0 Å². The second kappa shape index (κ2) is 5.91. The third-order valence-corrected chi connectivity index (χ3v) is 4.62. The Bertz CT molecular complexity index is 704. The van der Waals surface area contributed by atoms with Gasteiger partial charge in [-0.25, -0.2) is 17.5 Å². The van der Waals surface area contributed by atoms with Crippen molar-refractivity contribution in [3.05, 3.63) is 64.9 Å². The van der Waals surface area contributed by atoms with E-state index >= 15 is 0 Å². The van der Waals surface area contributed by atoms with Gasteiger partial charge in [0.1, 0.15) is 10.7 Å². The Morgan fingerprint density at radius 1 is 1.15 bits per heavy atom. The lowest BCUT2D eigenvalue weighted by Gasteiger charge is -2.15. The lowest BCUT2D eigenvalue weighted by molar-refractivity contribution is 0.547. The minimum Gasteiger partial charge on any atom is -0.207 e. The Morgan fingerprint density at radius 2 is 1.80 bits per heavy atom. The van der Waals surface area contributed by atoms with E-state index in [1.54, 1.807) is 19.1 Å². The summed E-state index contributed by atoms with van der Waals surface area (Å²) in [5, 5.41) is 0.151. The Morgan fingerprint density at radius 3 is 2.40 bits per heavy atom. The highest BCUT2D eigenvalue weighted by molar-refractivity contribution is 7.89. The Kier molecular flexibility index (Phi) is 4.42. The van der Waals surface area contributed by atoms with E-state index in [4.69, 9.17) is 11.6 Å². The van der Waals surface area contributed by atoms with Crippen molar-refractivity contribution in [2.75, 3.05) is 0 Å². The van der Waals surface area contributed by atoms with Crippen molar-refractivity contribution < 1.29 is 12.8 Å². The molecule has 0 radical (unpaired) electrons. The maximum atomic E-state index is 13.7. The van der Waals surface area contributed by atoms with Crippen molar-refractivity contribution in [2.45, 2.75) is 17.9 Å². The molecular formula is C14H13ClFNO2S. The first-order valence-electron chi connectivity index (χ1n) is 5.92. The number of sulfonamides is 1. The zero-order chi connectivity index (χ0) is 14.8. The van der Waals surface area contributed by atoms with Gasteiger partial charge in [-0.2, -0.15) is 0 Å². The van der Waals surface area contributed by atoms with Gasteiger partial charge in [0, 0.05) is 11.1 Å². The second-order valence-electron chi connectivity index (χ2n) is 4.33. The summed E-state index contributed by atoms with van der Waals surface area (Å²) in [7, 11) is -3.94. The summed E-state index contributed by atoms with van der Waals surface area (Å²) in [5.74, 6) is -0.870. The molecule has 0 amide bonds. The molecule has 0 aliphatic heterocycles. The molecule has 2 aromatic rings. The van der Waals surface area contributed by atoms with Crippen molar-refractivity contribution >= 4 is 21.6 Å². The van der Waals surface area contributed by atoms with E-state index in [9.17, 15) is 12.8 Å². The van der Waals surface area contributed by atoms with Crippen LogP contribution in [0.2, 0.25) is 5.02 Å². The first-order valence-corrected chi connectivity index (χ1v) is 7.78. The number of halogens is 2. The van der Waals surface area contributed by atoms with Gasteiger partial charge in [-0.05, 0) is 30.7 Å². The summed E-state index contributed by atoms with van der Waals surface area (Å²) < 4.78 is 40.4. The fourth-order valence-electron chi connectivity index (χ4n) is 1.80. The Labute approximate surface area is 122 Å². The zero-order valence-electron chi connectivity index (χ0n) is 10.7. The first-order chi connectivity index (χ1) is 9.40. The standard InChI is InChI=1S/C14H13ClFNO2S/c1-10(11-5-3-2-4-6-11)17-20(18,19)14-8-7-12(15)9-13(14)16/h2-10,17H,1H3/t10-/m0/s1. The van der Waals surface area contributed by atoms with Crippen LogP contribution in [0.25, 0.3) is 0 Å².